The van der Waals surface area contributed by atoms with Gasteiger partial charge in [0, 0.05) is 18.5 Å². The van der Waals surface area contributed by atoms with E-state index in [-0.39, 0.29) is 0 Å². The second-order valence-electron chi connectivity index (χ2n) is 6.32. The Bertz CT molecular complexity index is 672. The normalized spacial score (nSPS) is 17.9. The van der Waals surface area contributed by atoms with Crippen LogP contribution in [0.15, 0.2) is 30.3 Å². The van der Waals surface area contributed by atoms with Crippen LogP contribution in [-0.4, -0.2) is 18.1 Å². The van der Waals surface area contributed by atoms with Gasteiger partial charge in [0.25, 0.3) is 0 Å². The van der Waals surface area contributed by atoms with Crippen molar-refractivity contribution >= 4 is 16.7 Å². The summed E-state index contributed by atoms with van der Waals surface area (Å²) in [6.07, 6.45) is 2.29. The molecule has 2 heterocycles. The quantitative estimate of drug-likeness (QED) is 0.788. The lowest BCUT2D eigenvalue weighted by Gasteiger charge is -2.37. The molecule has 1 aliphatic heterocycles. The summed E-state index contributed by atoms with van der Waals surface area (Å²) in [5.74, 6) is 0.849. The lowest BCUT2D eigenvalue weighted by atomic mass is 9.82. The van der Waals surface area contributed by atoms with Crippen LogP contribution in [0.1, 0.15) is 32.3 Å². The zero-order chi connectivity index (χ0) is 14.2. The Hall–Kier alpha value is -2.08. The van der Waals surface area contributed by atoms with Gasteiger partial charge in [0.15, 0.2) is 0 Å². The first-order valence-corrected chi connectivity index (χ1v) is 7.14. The first-order valence-electron chi connectivity index (χ1n) is 7.14. The first kappa shape index (κ1) is 12.9. The summed E-state index contributed by atoms with van der Waals surface area (Å²) in [6.45, 7) is 6.58. The van der Waals surface area contributed by atoms with E-state index in [0.717, 1.165) is 42.7 Å². The summed E-state index contributed by atoms with van der Waals surface area (Å²) in [6, 6.07) is 12.2. The van der Waals surface area contributed by atoms with Gasteiger partial charge >= 0.3 is 0 Å². The number of anilines is 1. The van der Waals surface area contributed by atoms with Crippen molar-refractivity contribution in [2.45, 2.75) is 26.7 Å². The van der Waals surface area contributed by atoms with Crippen molar-refractivity contribution in [3.63, 3.8) is 0 Å². The van der Waals surface area contributed by atoms with E-state index in [1.165, 1.54) is 0 Å². The SMILES string of the molecule is CC1(C)CCN(c2nc3ccccc3cc2C#N)CC1. The lowest BCUT2D eigenvalue weighted by Crippen LogP contribution is -2.38. The highest BCUT2D eigenvalue weighted by molar-refractivity contribution is 5.83. The van der Waals surface area contributed by atoms with E-state index >= 15 is 0 Å². The zero-order valence-corrected chi connectivity index (χ0v) is 12.1. The molecule has 1 aromatic heterocycles. The fourth-order valence-electron chi connectivity index (χ4n) is 2.75. The number of pyridine rings is 1. The van der Waals surface area contributed by atoms with Gasteiger partial charge in [0.1, 0.15) is 11.9 Å². The summed E-state index contributed by atoms with van der Waals surface area (Å²) in [7, 11) is 0. The van der Waals surface area contributed by atoms with E-state index in [1.807, 2.05) is 30.3 Å². The van der Waals surface area contributed by atoms with Gasteiger partial charge in [0.05, 0.1) is 11.1 Å². The third kappa shape index (κ3) is 2.34. The van der Waals surface area contributed by atoms with Gasteiger partial charge in [-0.15, -0.1) is 0 Å². The smallest absolute Gasteiger partial charge is 0.147 e. The van der Waals surface area contributed by atoms with E-state index in [0.29, 0.717) is 11.0 Å². The molecule has 0 N–H and O–H groups in total. The molecule has 0 unspecified atom stereocenters. The summed E-state index contributed by atoms with van der Waals surface area (Å²) in [5, 5.41) is 10.4. The second-order valence-corrected chi connectivity index (χ2v) is 6.32. The highest BCUT2D eigenvalue weighted by atomic mass is 15.2. The number of nitrogens with zero attached hydrogens (tertiary/aromatic N) is 3. The Kier molecular flexibility index (Phi) is 3.10. The van der Waals surface area contributed by atoms with Crippen LogP contribution < -0.4 is 4.90 Å². The first-order chi connectivity index (χ1) is 9.59. The van der Waals surface area contributed by atoms with Gasteiger partial charge < -0.3 is 4.90 Å². The van der Waals surface area contributed by atoms with Gasteiger partial charge in [-0.2, -0.15) is 5.26 Å². The maximum Gasteiger partial charge on any atom is 0.147 e. The van der Waals surface area contributed by atoms with Crippen LogP contribution in [0.2, 0.25) is 0 Å². The number of fused-ring (bicyclic) bond motifs is 1. The molecule has 0 radical (unpaired) electrons. The monoisotopic (exact) mass is 265 g/mol. The van der Waals surface area contributed by atoms with Crippen LogP contribution in [0, 0.1) is 16.7 Å². The van der Waals surface area contributed by atoms with E-state index < -0.39 is 0 Å². The highest BCUT2D eigenvalue weighted by Crippen LogP contribution is 2.33. The van der Waals surface area contributed by atoms with Crippen LogP contribution in [-0.2, 0) is 0 Å². The van der Waals surface area contributed by atoms with Gasteiger partial charge in [-0.25, -0.2) is 4.98 Å². The van der Waals surface area contributed by atoms with Gasteiger partial charge in [-0.05, 0) is 30.4 Å². The van der Waals surface area contributed by atoms with Gasteiger partial charge in [-0.1, -0.05) is 32.0 Å². The predicted octanol–water partition coefficient (Wildman–Crippen LogP) is 3.73. The van der Waals surface area contributed by atoms with E-state index in [2.05, 4.69) is 24.8 Å². The minimum Gasteiger partial charge on any atom is -0.355 e. The molecule has 20 heavy (non-hydrogen) atoms. The molecule has 102 valence electrons. The minimum atomic E-state index is 0.403. The van der Waals surface area contributed by atoms with E-state index in [9.17, 15) is 5.26 Å². The molecule has 3 rings (SSSR count). The molecule has 1 aliphatic rings. The Morgan fingerprint density at radius 2 is 1.90 bits per heavy atom. The number of hydrogen-bond donors (Lipinski definition) is 0. The fourth-order valence-corrected chi connectivity index (χ4v) is 2.75. The molecule has 0 atom stereocenters. The van der Waals surface area contributed by atoms with Crippen LogP contribution in [0.4, 0.5) is 5.82 Å². The molecule has 0 amide bonds. The van der Waals surface area contributed by atoms with Crippen molar-refractivity contribution < 1.29 is 0 Å². The Morgan fingerprint density at radius 1 is 1.20 bits per heavy atom. The maximum atomic E-state index is 9.39. The topological polar surface area (TPSA) is 39.9 Å². The van der Waals surface area contributed by atoms with Crippen molar-refractivity contribution in [1.82, 2.24) is 4.98 Å². The van der Waals surface area contributed by atoms with Crippen molar-refractivity contribution in [3.8, 4) is 6.07 Å². The Morgan fingerprint density at radius 3 is 2.60 bits per heavy atom. The molecular weight excluding hydrogens is 246 g/mol. The molecule has 1 fully saturated rings. The van der Waals surface area contributed by atoms with Crippen LogP contribution in [0.3, 0.4) is 0 Å². The minimum absolute atomic E-state index is 0.403. The maximum absolute atomic E-state index is 9.39. The van der Waals surface area contributed by atoms with Crippen LogP contribution >= 0.6 is 0 Å². The Labute approximate surface area is 119 Å². The number of rotatable bonds is 1. The number of nitriles is 1. The highest BCUT2D eigenvalue weighted by Gasteiger charge is 2.27. The number of benzene rings is 1. The van der Waals surface area contributed by atoms with Crippen molar-refractivity contribution in [2.75, 3.05) is 18.0 Å². The summed E-state index contributed by atoms with van der Waals surface area (Å²) in [4.78, 5) is 6.98. The molecule has 1 saturated heterocycles. The number of piperidine rings is 1. The van der Waals surface area contributed by atoms with E-state index in [1.54, 1.807) is 0 Å². The molecule has 0 bridgehead atoms. The molecule has 3 heteroatoms. The summed E-state index contributed by atoms with van der Waals surface area (Å²) < 4.78 is 0. The number of para-hydroxylation sites is 1. The largest absolute Gasteiger partial charge is 0.355 e. The fraction of sp³-hybridized carbons (Fsp3) is 0.412. The number of hydrogen-bond acceptors (Lipinski definition) is 3. The molecule has 0 spiro atoms. The third-order valence-corrected chi connectivity index (χ3v) is 4.24. The molecular formula is C17H19N3. The van der Waals surface area contributed by atoms with Crippen LogP contribution in [0.25, 0.3) is 10.9 Å². The molecule has 0 saturated carbocycles. The van der Waals surface area contributed by atoms with Gasteiger partial charge in [-0.3, -0.25) is 0 Å². The number of aromatic nitrogens is 1. The third-order valence-electron chi connectivity index (χ3n) is 4.24. The standard InChI is InChI=1S/C17H19N3/c1-17(2)7-9-20(10-8-17)16-14(12-18)11-13-5-3-4-6-15(13)19-16/h3-6,11H,7-10H2,1-2H3. The summed E-state index contributed by atoms with van der Waals surface area (Å²) >= 11 is 0. The Balaban J connectivity index is 2.01. The zero-order valence-electron chi connectivity index (χ0n) is 12.1. The molecule has 2 aromatic rings. The van der Waals surface area contributed by atoms with Crippen molar-refractivity contribution in [3.05, 3.63) is 35.9 Å². The van der Waals surface area contributed by atoms with Gasteiger partial charge in [0.2, 0.25) is 0 Å². The second kappa shape index (κ2) is 4.79. The molecule has 3 nitrogen and oxygen atoms in total. The summed E-state index contributed by atoms with van der Waals surface area (Å²) in [5.41, 5.74) is 2.05. The average Bonchev–Trinajstić information content (AvgIpc) is 2.46. The predicted molar refractivity (Wildman–Crippen MR) is 81.7 cm³/mol. The van der Waals surface area contributed by atoms with Crippen molar-refractivity contribution in [1.29, 1.82) is 5.26 Å². The van der Waals surface area contributed by atoms with E-state index in [4.69, 9.17) is 4.98 Å². The lowest BCUT2D eigenvalue weighted by molar-refractivity contribution is 0.279. The molecule has 1 aromatic carbocycles. The van der Waals surface area contributed by atoms with Crippen LogP contribution in [0.5, 0.6) is 0 Å². The van der Waals surface area contributed by atoms with Crippen molar-refractivity contribution in [2.24, 2.45) is 5.41 Å². The molecule has 0 aliphatic carbocycles. The average molecular weight is 265 g/mol.